The first kappa shape index (κ1) is 23.3. The average Bonchev–Trinajstić information content (AvgIpc) is 3.17. The monoisotopic (exact) mass is 491 g/mol. The van der Waals surface area contributed by atoms with Gasteiger partial charge in [-0.05, 0) is 30.7 Å². The standard InChI is InChI=1S/C21H16ClF6N3O2/c1-9-2-15(29-8-13(9)19(32)30-11-6-20(24,25)7-11)16-5-17(33-31-16)12-3-10(21(26,27)28)4-14(22)18(12)23/h2-4,8,11,17H,5-7H2,1H3,(H,30,32). The average molecular weight is 492 g/mol. The number of aromatic nitrogens is 1. The zero-order valence-electron chi connectivity index (χ0n) is 16.9. The lowest BCUT2D eigenvalue weighted by Crippen LogP contribution is -2.50. The van der Waals surface area contributed by atoms with E-state index in [-0.39, 0.29) is 23.4 Å². The number of carbonyl (C=O) groups is 1. The van der Waals surface area contributed by atoms with Gasteiger partial charge in [0.25, 0.3) is 11.8 Å². The van der Waals surface area contributed by atoms with Gasteiger partial charge in [-0.25, -0.2) is 13.2 Å². The Morgan fingerprint density at radius 3 is 2.55 bits per heavy atom. The van der Waals surface area contributed by atoms with Gasteiger partial charge in [-0.1, -0.05) is 16.8 Å². The summed E-state index contributed by atoms with van der Waals surface area (Å²) in [4.78, 5) is 21.6. The van der Waals surface area contributed by atoms with Crippen molar-refractivity contribution >= 4 is 23.2 Å². The molecular formula is C21H16ClF6N3O2. The number of hydrogen-bond acceptors (Lipinski definition) is 4. The molecular weight excluding hydrogens is 476 g/mol. The van der Waals surface area contributed by atoms with E-state index < -0.39 is 65.0 Å². The third-order valence-corrected chi connectivity index (χ3v) is 5.75. The number of alkyl halides is 5. The van der Waals surface area contributed by atoms with Crippen molar-refractivity contribution in [1.82, 2.24) is 10.3 Å². The van der Waals surface area contributed by atoms with Crippen LogP contribution in [0.1, 0.15) is 58.1 Å². The van der Waals surface area contributed by atoms with E-state index in [1.807, 2.05) is 0 Å². The predicted molar refractivity (Wildman–Crippen MR) is 106 cm³/mol. The van der Waals surface area contributed by atoms with Gasteiger partial charge < -0.3 is 10.2 Å². The number of oxime groups is 1. The molecule has 0 spiro atoms. The molecule has 1 fully saturated rings. The topological polar surface area (TPSA) is 63.6 Å². The summed E-state index contributed by atoms with van der Waals surface area (Å²) in [7, 11) is 0. The van der Waals surface area contributed by atoms with Crippen LogP contribution in [0.25, 0.3) is 0 Å². The van der Waals surface area contributed by atoms with Crippen LogP contribution in [0, 0.1) is 12.7 Å². The molecule has 1 saturated carbocycles. The molecule has 1 aliphatic carbocycles. The molecule has 1 unspecified atom stereocenters. The molecule has 0 bridgehead atoms. The molecule has 33 heavy (non-hydrogen) atoms. The highest BCUT2D eigenvalue weighted by Gasteiger charge is 2.46. The SMILES string of the molecule is Cc1cc(C2=NOC(c3cc(C(F)(F)F)cc(Cl)c3F)C2)ncc1C(=O)NC1CC(F)(F)C1. The minimum atomic E-state index is -4.72. The smallest absolute Gasteiger partial charge is 0.387 e. The molecule has 0 saturated heterocycles. The van der Waals surface area contributed by atoms with Gasteiger partial charge in [0.1, 0.15) is 11.5 Å². The maximum absolute atomic E-state index is 14.4. The van der Waals surface area contributed by atoms with E-state index in [0.717, 1.165) is 0 Å². The first-order valence-electron chi connectivity index (χ1n) is 9.78. The van der Waals surface area contributed by atoms with Crippen molar-refractivity contribution in [3.8, 4) is 0 Å². The predicted octanol–water partition coefficient (Wildman–Crippen LogP) is 5.59. The zero-order valence-corrected chi connectivity index (χ0v) is 17.7. The van der Waals surface area contributed by atoms with E-state index in [0.29, 0.717) is 17.7 Å². The molecule has 5 nitrogen and oxygen atoms in total. The van der Waals surface area contributed by atoms with Crippen molar-refractivity contribution in [2.24, 2.45) is 5.16 Å². The fourth-order valence-electron chi connectivity index (χ4n) is 3.68. The van der Waals surface area contributed by atoms with E-state index in [4.69, 9.17) is 16.4 Å². The van der Waals surface area contributed by atoms with Gasteiger partial charge in [-0.3, -0.25) is 9.78 Å². The second-order valence-electron chi connectivity index (χ2n) is 8.01. The van der Waals surface area contributed by atoms with Crippen LogP contribution in [0.5, 0.6) is 0 Å². The number of amides is 1. The van der Waals surface area contributed by atoms with Crippen LogP contribution < -0.4 is 5.32 Å². The summed E-state index contributed by atoms with van der Waals surface area (Å²) in [6.45, 7) is 1.61. The van der Waals surface area contributed by atoms with Crippen molar-refractivity contribution in [3.05, 3.63) is 63.2 Å². The van der Waals surface area contributed by atoms with Crippen LogP contribution >= 0.6 is 11.6 Å². The number of nitrogens with zero attached hydrogens (tertiary/aromatic N) is 2. The Labute approximate surface area is 188 Å². The molecule has 1 aliphatic heterocycles. The Kier molecular flexibility index (Phi) is 5.80. The molecule has 4 rings (SSSR count). The van der Waals surface area contributed by atoms with Crippen molar-refractivity contribution < 1.29 is 36.0 Å². The zero-order chi connectivity index (χ0) is 24.1. The van der Waals surface area contributed by atoms with E-state index in [2.05, 4.69) is 15.5 Å². The third kappa shape index (κ3) is 4.78. The highest BCUT2D eigenvalue weighted by Crippen LogP contribution is 2.39. The van der Waals surface area contributed by atoms with Crippen LogP contribution in [-0.2, 0) is 11.0 Å². The Bertz CT molecular complexity index is 1140. The Morgan fingerprint density at radius 2 is 1.94 bits per heavy atom. The maximum Gasteiger partial charge on any atom is 0.416 e. The van der Waals surface area contributed by atoms with Crippen molar-refractivity contribution in [3.63, 3.8) is 0 Å². The third-order valence-electron chi connectivity index (χ3n) is 5.48. The number of carbonyl (C=O) groups excluding carboxylic acids is 1. The van der Waals surface area contributed by atoms with Crippen LogP contribution in [-0.4, -0.2) is 28.6 Å². The summed E-state index contributed by atoms with van der Waals surface area (Å²) in [6, 6.07) is 2.01. The van der Waals surface area contributed by atoms with Crippen LogP contribution in [0.3, 0.4) is 0 Å². The molecule has 1 atom stereocenters. The van der Waals surface area contributed by atoms with Gasteiger partial charge in [0.15, 0.2) is 6.10 Å². The number of pyridine rings is 1. The Morgan fingerprint density at radius 1 is 1.24 bits per heavy atom. The van der Waals surface area contributed by atoms with Crippen molar-refractivity contribution in [2.45, 2.75) is 50.4 Å². The molecule has 1 N–H and O–H groups in total. The van der Waals surface area contributed by atoms with E-state index in [1.54, 1.807) is 6.92 Å². The summed E-state index contributed by atoms with van der Waals surface area (Å²) in [6.07, 6.45) is -5.55. The minimum Gasteiger partial charge on any atom is -0.387 e. The van der Waals surface area contributed by atoms with E-state index >= 15 is 0 Å². The second-order valence-corrected chi connectivity index (χ2v) is 8.42. The summed E-state index contributed by atoms with van der Waals surface area (Å²) in [5.41, 5.74) is -0.335. The number of hydrogen-bond donors (Lipinski definition) is 1. The van der Waals surface area contributed by atoms with Gasteiger partial charge in [0, 0.05) is 37.1 Å². The molecule has 0 radical (unpaired) electrons. The molecule has 176 valence electrons. The summed E-state index contributed by atoms with van der Waals surface area (Å²) in [5.74, 6) is -4.35. The molecule has 1 amide bonds. The highest BCUT2D eigenvalue weighted by atomic mass is 35.5. The molecule has 2 aliphatic rings. The quantitative estimate of drug-likeness (QED) is 0.567. The van der Waals surface area contributed by atoms with Crippen molar-refractivity contribution in [1.29, 1.82) is 0 Å². The minimum absolute atomic E-state index is 0.0797. The highest BCUT2D eigenvalue weighted by molar-refractivity contribution is 6.30. The lowest BCUT2D eigenvalue weighted by molar-refractivity contribution is -0.137. The normalized spacial score (nSPS) is 20.1. The van der Waals surface area contributed by atoms with Gasteiger partial charge in [-0.15, -0.1) is 0 Å². The number of rotatable bonds is 4. The molecule has 1 aromatic carbocycles. The lowest BCUT2D eigenvalue weighted by atomic mass is 9.88. The van der Waals surface area contributed by atoms with Gasteiger partial charge in [-0.2, -0.15) is 13.2 Å². The van der Waals surface area contributed by atoms with Crippen molar-refractivity contribution in [2.75, 3.05) is 0 Å². The molecule has 1 aromatic heterocycles. The van der Waals surface area contributed by atoms with Gasteiger partial charge >= 0.3 is 6.18 Å². The number of halogens is 7. The molecule has 12 heteroatoms. The maximum atomic E-state index is 14.4. The Balaban J connectivity index is 1.48. The van der Waals surface area contributed by atoms with Gasteiger partial charge in [0.2, 0.25) is 0 Å². The lowest BCUT2D eigenvalue weighted by Gasteiger charge is -2.35. The number of benzene rings is 1. The Hall–Kier alpha value is -2.82. The number of aryl methyl sites for hydroxylation is 1. The van der Waals surface area contributed by atoms with Crippen LogP contribution in [0.2, 0.25) is 5.02 Å². The summed E-state index contributed by atoms with van der Waals surface area (Å²) in [5, 5.41) is 5.63. The second kappa shape index (κ2) is 8.19. The number of nitrogens with one attached hydrogen (secondary N) is 1. The largest absolute Gasteiger partial charge is 0.416 e. The fourth-order valence-corrected chi connectivity index (χ4v) is 3.91. The first-order valence-corrected chi connectivity index (χ1v) is 10.2. The molecule has 2 aromatic rings. The van der Waals surface area contributed by atoms with Gasteiger partial charge in [0.05, 0.1) is 21.8 Å². The van der Waals surface area contributed by atoms with E-state index in [9.17, 15) is 31.1 Å². The fraction of sp³-hybridized carbons (Fsp3) is 0.381. The molecule has 2 heterocycles. The van der Waals surface area contributed by atoms with E-state index in [1.165, 1.54) is 12.3 Å². The first-order chi connectivity index (χ1) is 15.3. The summed E-state index contributed by atoms with van der Waals surface area (Å²) >= 11 is 5.63. The van der Waals surface area contributed by atoms with Crippen LogP contribution in [0.15, 0.2) is 29.6 Å². The summed E-state index contributed by atoms with van der Waals surface area (Å²) < 4.78 is 79.5. The van der Waals surface area contributed by atoms with Crippen LogP contribution in [0.4, 0.5) is 26.3 Å².